The SMILES string of the molecule is CCN(CC)c1ccc(C(=O)c2ccccc2C(=O)Nc2ccc(C=O)cc2)c(C)c1. The Hall–Kier alpha value is -3.73. The smallest absolute Gasteiger partial charge is 0.256 e. The topological polar surface area (TPSA) is 66.5 Å². The molecule has 31 heavy (non-hydrogen) atoms. The molecule has 158 valence electrons. The third-order valence-corrected chi connectivity index (χ3v) is 5.30. The van der Waals surface area contributed by atoms with E-state index in [1.165, 1.54) is 0 Å². The summed E-state index contributed by atoms with van der Waals surface area (Å²) in [6.45, 7) is 7.89. The number of aldehydes is 1. The van der Waals surface area contributed by atoms with Crippen molar-refractivity contribution in [1.82, 2.24) is 0 Å². The van der Waals surface area contributed by atoms with Gasteiger partial charge in [-0.25, -0.2) is 0 Å². The summed E-state index contributed by atoms with van der Waals surface area (Å²) >= 11 is 0. The van der Waals surface area contributed by atoms with Crippen LogP contribution in [0.3, 0.4) is 0 Å². The maximum atomic E-state index is 13.3. The van der Waals surface area contributed by atoms with Crippen molar-refractivity contribution >= 4 is 29.4 Å². The highest BCUT2D eigenvalue weighted by atomic mass is 16.2. The number of hydrogen-bond donors (Lipinski definition) is 1. The molecule has 0 saturated heterocycles. The molecule has 5 nitrogen and oxygen atoms in total. The average molecular weight is 415 g/mol. The molecular formula is C26H26N2O3. The van der Waals surface area contributed by atoms with Gasteiger partial charge in [0.15, 0.2) is 5.78 Å². The molecule has 0 radical (unpaired) electrons. The van der Waals surface area contributed by atoms with Crippen LogP contribution in [0.25, 0.3) is 0 Å². The predicted octanol–water partition coefficient (Wildman–Crippen LogP) is 5.14. The molecule has 0 aliphatic heterocycles. The van der Waals surface area contributed by atoms with Gasteiger partial charge in [-0.05, 0) is 74.9 Å². The first-order valence-electron chi connectivity index (χ1n) is 10.3. The highest BCUT2D eigenvalue weighted by Gasteiger charge is 2.20. The second-order valence-electron chi connectivity index (χ2n) is 7.24. The first-order valence-corrected chi connectivity index (χ1v) is 10.3. The molecule has 5 heteroatoms. The monoisotopic (exact) mass is 414 g/mol. The molecule has 0 aromatic heterocycles. The Bertz CT molecular complexity index is 1100. The molecule has 0 bridgehead atoms. The second kappa shape index (κ2) is 9.85. The number of aryl methyl sites for hydroxylation is 1. The third kappa shape index (κ3) is 4.89. The Kier molecular flexibility index (Phi) is 6.98. The van der Waals surface area contributed by atoms with Crippen LogP contribution < -0.4 is 10.2 Å². The highest BCUT2D eigenvalue weighted by molar-refractivity contribution is 6.18. The zero-order chi connectivity index (χ0) is 22.4. The van der Waals surface area contributed by atoms with Gasteiger partial charge < -0.3 is 10.2 Å². The summed E-state index contributed by atoms with van der Waals surface area (Å²) in [7, 11) is 0. The molecule has 3 aromatic rings. The fourth-order valence-corrected chi connectivity index (χ4v) is 3.56. The number of hydrogen-bond acceptors (Lipinski definition) is 4. The summed E-state index contributed by atoms with van der Waals surface area (Å²) in [5.74, 6) is -0.564. The average Bonchev–Trinajstić information content (AvgIpc) is 2.80. The molecule has 0 fully saturated rings. The van der Waals surface area contributed by atoms with E-state index in [0.29, 0.717) is 27.9 Å². The predicted molar refractivity (Wildman–Crippen MR) is 124 cm³/mol. The van der Waals surface area contributed by atoms with Crippen molar-refractivity contribution in [2.45, 2.75) is 20.8 Å². The van der Waals surface area contributed by atoms with Gasteiger partial charge in [-0.15, -0.1) is 0 Å². The number of anilines is 2. The summed E-state index contributed by atoms with van der Waals surface area (Å²) in [4.78, 5) is 39.2. The van der Waals surface area contributed by atoms with E-state index in [0.717, 1.165) is 30.6 Å². The molecule has 0 heterocycles. The first kappa shape index (κ1) is 22.0. The Morgan fingerprint density at radius 1 is 0.871 bits per heavy atom. The van der Waals surface area contributed by atoms with Crippen LogP contribution in [-0.4, -0.2) is 31.1 Å². The fraction of sp³-hybridized carbons (Fsp3) is 0.192. The molecule has 0 spiro atoms. The van der Waals surface area contributed by atoms with Crippen molar-refractivity contribution in [1.29, 1.82) is 0 Å². The van der Waals surface area contributed by atoms with E-state index in [2.05, 4.69) is 24.1 Å². The van der Waals surface area contributed by atoms with E-state index in [1.54, 1.807) is 48.5 Å². The van der Waals surface area contributed by atoms with E-state index in [1.807, 2.05) is 25.1 Å². The zero-order valence-electron chi connectivity index (χ0n) is 18.0. The van der Waals surface area contributed by atoms with Crippen LogP contribution in [0, 0.1) is 6.92 Å². The molecule has 0 saturated carbocycles. The molecule has 3 rings (SSSR count). The van der Waals surface area contributed by atoms with Crippen molar-refractivity contribution < 1.29 is 14.4 Å². The van der Waals surface area contributed by atoms with Crippen LogP contribution >= 0.6 is 0 Å². The van der Waals surface area contributed by atoms with Gasteiger partial charge in [0.1, 0.15) is 6.29 Å². The lowest BCUT2D eigenvalue weighted by Gasteiger charge is -2.22. The van der Waals surface area contributed by atoms with Gasteiger partial charge in [-0.3, -0.25) is 14.4 Å². The molecule has 0 unspecified atom stereocenters. The van der Waals surface area contributed by atoms with Gasteiger partial charge in [0, 0.05) is 41.2 Å². The van der Waals surface area contributed by atoms with Gasteiger partial charge in [-0.1, -0.05) is 18.2 Å². The minimum atomic E-state index is -0.375. The highest BCUT2D eigenvalue weighted by Crippen LogP contribution is 2.23. The molecular weight excluding hydrogens is 388 g/mol. The van der Waals surface area contributed by atoms with Crippen molar-refractivity contribution in [3.63, 3.8) is 0 Å². The van der Waals surface area contributed by atoms with Gasteiger partial charge >= 0.3 is 0 Å². The summed E-state index contributed by atoms with van der Waals surface area (Å²) in [5.41, 5.74) is 4.25. The van der Waals surface area contributed by atoms with E-state index < -0.39 is 0 Å². The Morgan fingerprint density at radius 3 is 2.10 bits per heavy atom. The van der Waals surface area contributed by atoms with Crippen molar-refractivity contribution in [2.24, 2.45) is 0 Å². The number of carbonyl (C=O) groups excluding carboxylic acids is 3. The van der Waals surface area contributed by atoms with E-state index in [-0.39, 0.29) is 11.7 Å². The fourth-order valence-electron chi connectivity index (χ4n) is 3.56. The number of nitrogens with zero attached hydrogens (tertiary/aromatic N) is 1. The van der Waals surface area contributed by atoms with Crippen LogP contribution in [0.5, 0.6) is 0 Å². The summed E-state index contributed by atoms with van der Waals surface area (Å²) in [5, 5.41) is 2.80. The molecule has 1 N–H and O–H groups in total. The normalized spacial score (nSPS) is 10.4. The van der Waals surface area contributed by atoms with Gasteiger partial charge in [-0.2, -0.15) is 0 Å². The number of carbonyl (C=O) groups is 3. The minimum absolute atomic E-state index is 0.189. The van der Waals surface area contributed by atoms with E-state index in [9.17, 15) is 14.4 Å². The van der Waals surface area contributed by atoms with Crippen LogP contribution in [0.2, 0.25) is 0 Å². The first-order chi connectivity index (χ1) is 15.0. The molecule has 0 aliphatic carbocycles. The Morgan fingerprint density at radius 2 is 1.52 bits per heavy atom. The molecule has 3 aromatic carbocycles. The summed E-state index contributed by atoms with van der Waals surface area (Å²) in [6, 6.07) is 19.2. The van der Waals surface area contributed by atoms with Crippen LogP contribution in [0.1, 0.15) is 56.0 Å². The van der Waals surface area contributed by atoms with Crippen molar-refractivity contribution in [2.75, 3.05) is 23.3 Å². The maximum absolute atomic E-state index is 13.3. The number of ketones is 1. The number of benzene rings is 3. The third-order valence-electron chi connectivity index (χ3n) is 5.30. The minimum Gasteiger partial charge on any atom is -0.372 e. The van der Waals surface area contributed by atoms with Crippen molar-refractivity contribution in [3.8, 4) is 0 Å². The lowest BCUT2D eigenvalue weighted by atomic mass is 9.94. The molecule has 0 atom stereocenters. The summed E-state index contributed by atoms with van der Waals surface area (Å²) < 4.78 is 0. The van der Waals surface area contributed by atoms with Gasteiger partial charge in [0.25, 0.3) is 5.91 Å². The van der Waals surface area contributed by atoms with Crippen LogP contribution in [0.15, 0.2) is 66.7 Å². The number of nitrogens with one attached hydrogen (secondary N) is 1. The molecule has 1 amide bonds. The van der Waals surface area contributed by atoms with E-state index in [4.69, 9.17) is 0 Å². The lowest BCUT2D eigenvalue weighted by Crippen LogP contribution is -2.22. The van der Waals surface area contributed by atoms with Gasteiger partial charge in [0.2, 0.25) is 0 Å². The number of amides is 1. The molecule has 0 aliphatic rings. The standard InChI is InChI=1S/C26H26N2O3/c1-4-28(5-2)21-14-15-22(18(3)16-21)25(30)23-8-6-7-9-24(23)26(31)27-20-12-10-19(17-29)11-13-20/h6-17H,4-5H2,1-3H3,(H,27,31). The van der Waals surface area contributed by atoms with Crippen LogP contribution in [0.4, 0.5) is 11.4 Å². The van der Waals surface area contributed by atoms with Crippen LogP contribution in [-0.2, 0) is 0 Å². The Labute approximate surface area is 182 Å². The van der Waals surface area contributed by atoms with Crippen molar-refractivity contribution in [3.05, 3.63) is 94.5 Å². The van der Waals surface area contributed by atoms with E-state index >= 15 is 0 Å². The Balaban J connectivity index is 1.89. The zero-order valence-corrected chi connectivity index (χ0v) is 18.0. The number of rotatable bonds is 8. The lowest BCUT2D eigenvalue weighted by molar-refractivity contribution is 0.0996. The quantitative estimate of drug-likeness (QED) is 0.410. The maximum Gasteiger partial charge on any atom is 0.256 e. The summed E-state index contributed by atoms with van der Waals surface area (Å²) in [6.07, 6.45) is 0.743. The second-order valence-corrected chi connectivity index (χ2v) is 7.24. The van der Waals surface area contributed by atoms with Gasteiger partial charge in [0.05, 0.1) is 5.56 Å². The largest absolute Gasteiger partial charge is 0.372 e.